The number of hydrogen-bond donors (Lipinski definition) is 1. The minimum atomic E-state index is -0.653. The Morgan fingerprint density at radius 3 is 2.62 bits per heavy atom. The molecule has 1 amide bonds. The fraction of sp³-hybridized carbons (Fsp3) is 0.273. The van der Waals surface area contributed by atoms with E-state index in [4.69, 9.17) is 4.74 Å². The predicted molar refractivity (Wildman–Crippen MR) is 56.8 cm³/mol. The lowest BCUT2D eigenvalue weighted by atomic mass is 10.2. The molecule has 0 unspecified atom stereocenters. The van der Waals surface area contributed by atoms with E-state index in [1.807, 2.05) is 5.48 Å². The molecule has 0 aliphatic carbocycles. The first kappa shape index (κ1) is 12.0. The second-order valence-electron chi connectivity index (χ2n) is 2.97. The third-order valence-corrected chi connectivity index (χ3v) is 1.91. The van der Waals surface area contributed by atoms with Crippen LogP contribution in [0.1, 0.15) is 23.7 Å². The summed E-state index contributed by atoms with van der Waals surface area (Å²) in [6.07, 6.45) is 0.249. The van der Waals surface area contributed by atoms with Crippen LogP contribution >= 0.6 is 0 Å². The van der Waals surface area contributed by atoms with Crippen LogP contribution in [0.25, 0.3) is 0 Å². The van der Waals surface area contributed by atoms with Crippen molar-refractivity contribution in [1.82, 2.24) is 5.48 Å². The first-order chi connectivity index (χ1) is 7.69. The summed E-state index contributed by atoms with van der Waals surface area (Å²) in [5.41, 5.74) is 2.30. The number of rotatable bonds is 3. The van der Waals surface area contributed by atoms with Crippen LogP contribution in [0.5, 0.6) is 5.75 Å². The van der Waals surface area contributed by atoms with Gasteiger partial charge in [-0.25, -0.2) is 4.79 Å². The molecule has 5 nitrogen and oxygen atoms in total. The molecular weight excluding hydrogens is 210 g/mol. The fourth-order valence-electron chi connectivity index (χ4n) is 1.04. The highest BCUT2D eigenvalue weighted by Crippen LogP contribution is 2.17. The number of carbonyl (C=O) groups excluding carboxylic acids is 2. The van der Waals surface area contributed by atoms with E-state index >= 15 is 0 Å². The van der Waals surface area contributed by atoms with E-state index in [2.05, 4.69) is 4.84 Å². The number of methoxy groups -OCH3 is 1. The fourth-order valence-corrected chi connectivity index (χ4v) is 1.04. The summed E-state index contributed by atoms with van der Waals surface area (Å²) in [7, 11) is 1.46. The largest absolute Gasteiger partial charge is 0.496 e. The molecule has 16 heavy (non-hydrogen) atoms. The minimum absolute atomic E-state index is 0.249. The van der Waals surface area contributed by atoms with Gasteiger partial charge < -0.3 is 9.57 Å². The Balaban J connectivity index is 2.69. The molecule has 0 aromatic heterocycles. The Bertz CT molecular complexity index is 389. The van der Waals surface area contributed by atoms with Gasteiger partial charge in [0.2, 0.25) is 0 Å². The van der Waals surface area contributed by atoms with E-state index < -0.39 is 5.97 Å². The van der Waals surface area contributed by atoms with Crippen molar-refractivity contribution in [1.29, 1.82) is 0 Å². The van der Waals surface area contributed by atoms with E-state index in [0.29, 0.717) is 5.75 Å². The molecule has 1 N–H and O–H groups in total. The summed E-state index contributed by atoms with van der Waals surface area (Å²) in [5, 5.41) is 0. The van der Waals surface area contributed by atoms with Crippen molar-refractivity contribution in [2.75, 3.05) is 7.11 Å². The van der Waals surface area contributed by atoms with Crippen molar-refractivity contribution < 1.29 is 19.2 Å². The highest BCUT2D eigenvalue weighted by atomic mass is 16.7. The number of ether oxygens (including phenoxy) is 1. The molecule has 0 radical (unpaired) electrons. The second-order valence-corrected chi connectivity index (χ2v) is 2.97. The van der Waals surface area contributed by atoms with Gasteiger partial charge in [-0.15, -0.1) is 0 Å². The summed E-state index contributed by atoms with van der Waals surface area (Å²) in [5.74, 6) is -0.610. The van der Waals surface area contributed by atoms with Crippen LogP contribution in [0.2, 0.25) is 0 Å². The third-order valence-electron chi connectivity index (χ3n) is 1.91. The maximum Gasteiger partial charge on any atom is 0.366 e. The zero-order valence-corrected chi connectivity index (χ0v) is 9.15. The quantitative estimate of drug-likeness (QED) is 0.784. The maximum absolute atomic E-state index is 11.5. The molecule has 1 rings (SSSR count). The molecule has 0 aliphatic heterocycles. The van der Waals surface area contributed by atoms with Crippen LogP contribution in [0.15, 0.2) is 24.3 Å². The molecule has 0 fully saturated rings. The van der Waals surface area contributed by atoms with Gasteiger partial charge in [0.05, 0.1) is 7.11 Å². The monoisotopic (exact) mass is 223 g/mol. The van der Waals surface area contributed by atoms with Crippen LogP contribution in [-0.2, 0) is 9.63 Å². The van der Waals surface area contributed by atoms with Gasteiger partial charge in [0.1, 0.15) is 11.3 Å². The van der Waals surface area contributed by atoms with Crippen molar-refractivity contribution in [2.45, 2.75) is 13.3 Å². The molecule has 1 aromatic carbocycles. The van der Waals surface area contributed by atoms with Crippen molar-refractivity contribution in [3.63, 3.8) is 0 Å². The van der Waals surface area contributed by atoms with Gasteiger partial charge in [0.15, 0.2) is 0 Å². The van der Waals surface area contributed by atoms with Gasteiger partial charge >= 0.3 is 5.97 Å². The molecule has 86 valence electrons. The molecular formula is C11H13NO4. The molecule has 0 atom stereocenters. The molecule has 0 aliphatic rings. The summed E-state index contributed by atoms with van der Waals surface area (Å²) >= 11 is 0. The van der Waals surface area contributed by atoms with E-state index in [9.17, 15) is 9.59 Å². The lowest BCUT2D eigenvalue weighted by Gasteiger charge is -2.07. The smallest absolute Gasteiger partial charge is 0.366 e. The maximum atomic E-state index is 11.5. The van der Waals surface area contributed by atoms with Gasteiger partial charge in [-0.1, -0.05) is 19.1 Å². The average molecular weight is 223 g/mol. The predicted octanol–water partition coefficient (Wildman–Crippen LogP) is 1.29. The number of hydroxylamine groups is 1. The number of carbonyl (C=O) groups is 2. The van der Waals surface area contributed by atoms with Gasteiger partial charge in [0, 0.05) is 6.42 Å². The molecule has 0 saturated carbocycles. The number of nitrogens with one attached hydrogen (secondary N) is 1. The van der Waals surface area contributed by atoms with Crippen molar-refractivity contribution in [3.8, 4) is 5.75 Å². The van der Waals surface area contributed by atoms with Crippen molar-refractivity contribution >= 4 is 11.9 Å². The first-order valence-electron chi connectivity index (χ1n) is 4.82. The van der Waals surface area contributed by atoms with Crippen molar-refractivity contribution in [3.05, 3.63) is 29.8 Å². The Hall–Kier alpha value is -2.04. The van der Waals surface area contributed by atoms with Crippen LogP contribution in [0.3, 0.4) is 0 Å². The average Bonchev–Trinajstić information content (AvgIpc) is 2.35. The van der Waals surface area contributed by atoms with Crippen LogP contribution < -0.4 is 10.2 Å². The van der Waals surface area contributed by atoms with Gasteiger partial charge in [-0.3, -0.25) is 4.79 Å². The van der Waals surface area contributed by atoms with Gasteiger partial charge in [-0.2, -0.15) is 5.48 Å². The third kappa shape index (κ3) is 2.98. The zero-order chi connectivity index (χ0) is 12.0. The number of amides is 1. The standard InChI is InChI=1S/C11H13NO4/c1-3-10(13)12-16-11(14)8-6-4-5-7-9(8)15-2/h4-7H,3H2,1-2H3,(H,12,13). The summed E-state index contributed by atoms with van der Waals surface area (Å²) in [4.78, 5) is 27.0. The number of benzene rings is 1. The van der Waals surface area contributed by atoms with Crippen LogP contribution in [-0.4, -0.2) is 19.0 Å². The highest BCUT2D eigenvalue weighted by Gasteiger charge is 2.13. The number of hydrogen-bond acceptors (Lipinski definition) is 4. The summed E-state index contributed by atoms with van der Waals surface area (Å²) in [6, 6.07) is 6.61. The lowest BCUT2D eigenvalue weighted by molar-refractivity contribution is -0.129. The van der Waals surface area contributed by atoms with Gasteiger partial charge in [-0.05, 0) is 12.1 Å². The van der Waals surface area contributed by atoms with Gasteiger partial charge in [0.25, 0.3) is 5.91 Å². The van der Waals surface area contributed by atoms with Crippen LogP contribution in [0, 0.1) is 0 Å². The number of para-hydroxylation sites is 1. The summed E-state index contributed by atoms with van der Waals surface area (Å²) < 4.78 is 4.99. The minimum Gasteiger partial charge on any atom is -0.496 e. The Morgan fingerprint density at radius 1 is 1.31 bits per heavy atom. The van der Waals surface area contributed by atoms with Crippen molar-refractivity contribution in [2.24, 2.45) is 0 Å². The normalized spacial score (nSPS) is 9.38. The molecule has 0 saturated heterocycles. The summed E-state index contributed by atoms with van der Waals surface area (Å²) in [6.45, 7) is 1.66. The van der Waals surface area contributed by atoms with E-state index in [0.717, 1.165) is 0 Å². The molecule has 0 bridgehead atoms. The van der Waals surface area contributed by atoms with Crippen LogP contribution in [0.4, 0.5) is 0 Å². The SMILES string of the molecule is CCC(=O)NOC(=O)c1ccccc1OC. The lowest BCUT2D eigenvalue weighted by Crippen LogP contribution is -2.26. The first-order valence-corrected chi connectivity index (χ1v) is 4.82. The van der Waals surface area contributed by atoms with E-state index in [1.165, 1.54) is 7.11 Å². The van der Waals surface area contributed by atoms with E-state index in [1.54, 1.807) is 31.2 Å². The molecule has 0 heterocycles. The molecule has 0 spiro atoms. The Labute approximate surface area is 93.3 Å². The molecule has 1 aromatic rings. The highest BCUT2D eigenvalue weighted by molar-refractivity contribution is 5.93. The Kier molecular flexibility index (Phi) is 4.32. The molecule has 5 heteroatoms. The second kappa shape index (κ2) is 5.75. The zero-order valence-electron chi connectivity index (χ0n) is 9.15. The topological polar surface area (TPSA) is 64.6 Å². The van der Waals surface area contributed by atoms with E-state index in [-0.39, 0.29) is 17.9 Å². The Morgan fingerprint density at radius 2 is 2.00 bits per heavy atom.